The minimum atomic E-state index is 0.451. The topological polar surface area (TPSA) is 66.0 Å². The number of anilines is 1. The van der Waals surface area contributed by atoms with Crippen LogP contribution in [-0.4, -0.2) is 14.8 Å². The highest BCUT2D eigenvalue weighted by Crippen LogP contribution is 2.28. The molecule has 0 radical (unpaired) electrons. The number of nitrogens with two attached hydrogens (primary N) is 1. The van der Waals surface area contributed by atoms with Crippen molar-refractivity contribution in [2.75, 3.05) is 5.73 Å². The summed E-state index contributed by atoms with van der Waals surface area (Å²) in [6.45, 7) is 2.41. The van der Waals surface area contributed by atoms with Crippen molar-refractivity contribution in [3.05, 3.63) is 47.9 Å². The largest absolute Gasteiger partial charge is 0.485 e. The van der Waals surface area contributed by atoms with E-state index < -0.39 is 0 Å². The van der Waals surface area contributed by atoms with Crippen LogP contribution < -0.4 is 10.5 Å². The van der Waals surface area contributed by atoms with Crippen LogP contribution in [0.15, 0.2) is 36.5 Å². The second-order valence-electron chi connectivity index (χ2n) is 4.74. The van der Waals surface area contributed by atoms with Crippen LogP contribution in [0, 0.1) is 6.92 Å². The van der Waals surface area contributed by atoms with Gasteiger partial charge in [-0.05, 0) is 37.3 Å². The molecule has 1 aromatic carbocycles. The van der Waals surface area contributed by atoms with E-state index in [4.69, 9.17) is 10.5 Å². The predicted octanol–water partition coefficient (Wildman–Crippen LogP) is 2.44. The smallest absolute Gasteiger partial charge is 0.146 e. The van der Waals surface area contributed by atoms with Crippen LogP contribution in [0.1, 0.15) is 11.4 Å². The number of pyridine rings is 1. The standard InChI is InChI=1S/C15H16N4O/c1-10-8-11(19(2)18-10)9-20-14-6-5-13(16)12-4-3-7-17-15(12)14/h3-8H,9,16H2,1-2H3. The van der Waals surface area contributed by atoms with E-state index in [1.165, 1.54) is 0 Å². The molecule has 0 saturated carbocycles. The van der Waals surface area contributed by atoms with Crippen molar-refractivity contribution < 1.29 is 4.74 Å². The molecular formula is C15H16N4O. The minimum Gasteiger partial charge on any atom is -0.485 e. The van der Waals surface area contributed by atoms with Gasteiger partial charge in [-0.3, -0.25) is 9.67 Å². The molecule has 102 valence electrons. The summed E-state index contributed by atoms with van der Waals surface area (Å²) in [4.78, 5) is 4.35. The molecule has 0 spiro atoms. The van der Waals surface area contributed by atoms with Gasteiger partial charge in [-0.1, -0.05) is 0 Å². The lowest BCUT2D eigenvalue weighted by Gasteiger charge is -2.10. The van der Waals surface area contributed by atoms with E-state index in [0.717, 1.165) is 28.0 Å². The zero-order chi connectivity index (χ0) is 14.1. The van der Waals surface area contributed by atoms with E-state index >= 15 is 0 Å². The third-order valence-corrected chi connectivity index (χ3v) is 3.24. The Hall–Kier alpha value is -2.56. The Morgan fingerprint density at radius 3 is 2.90 bits per heavy atom. The van der Waals surface area contributed by atoms with Gasteiger partial charge in [-0.25, -0.2) is 0 Å². The van der Waals surface area contributed by atoms with Crippen molar-refractivity contribution in [2.24, 2.45) is 7.05 Å². The molecule has 0 aliphatic rings. The van der Waals surface area contributed by atoms with Crippen LogP contribution in [-0.2, 0) is 13.7 Å². The fourth-order valence-electron chi connectivity index (χ4n) is 2.24. The average Bonchev–Trinajstić information content (AvgIpc) is 2.77. The Bertz CT molecular complexity index is 764. The maximum absolute atomic E-state index is 5.95. The number of benzene rings is 1. The number of nitrogen functional groups attached to an aromatic ring is 1. The van der Waals surface area contributed by atoms with Gasteiger partial charge in [-0.15, -0.1) is 0 Å². The zero-order valence-electron chi connectivity index (χ0n) is 11.5. The summed E-state index contributed by atoms with van der Waals surface area (Å²) < 4.78 is 7.70. The number of hydrogen-bond acceptors (Lipinski definition) is 4. The highest BCUT2D eigenvalue weighted by Gasteiger charge is 2.08. The van der Waals surface area contributed by atoms with E-state index in [1.807, 2.05) is 49.0 Å². The number of nitrogens with zero attached hydrogens (tertiary/aromatic N) is 3. The van der Waals surface area contributed by atoms with Crippen molar-refractivity contribution >= 4 is 16.6 Å². The monoisotopic (exact) mass is 268 g/mol. The van der Waals surface area contributed by atoms with Gasteiger partial charge in [0, 0.05) is 24.3 Å². The van der Waals surface area contributed by atoms with Gasteiger partial charge in [0.05, 0.1) is 11.4 Å². The molecule has 0 saturated heterocycles. The first kappa shape index (κ1) is 12.5. The number of ether oxygens (including phenoxy) is 1. The minimum absolute atomic E-state index is 0.451. The Morgan fingerprint density at radius 1 is 1.30 bits per heavy atom. The summed E-state index contributed by atoms with van der Waals surface area (Å²) in [5.41, 5.74) is 9.43. The third kappa shape index (κ3) is 2.18. The quantitative estimate of drug-likeness (QED) is 0.741. The molecular weight excluding hydrogens is 252 g/mol. The van der Waals surface area contributed by atoms with Crippen LogP contribution in [0.25, 0.3) is 10.9 Å². The Morgan fingerprint density at radius 2 is 2.15 bits per heavy atom. The van der Waals surface area contributed by atoms with E-state index in [1.54, 1.807) is 6.20 Å². The maximum atomic E-state index is 5.95. The van der Waals surface area contributed by atoms with E-state index in [9.17, 15) is 0 Å². The molecule has 20 heavy (non-hydrogen) atoms. The third-order valence-electron chi connectivity index (χ3n) is 3.24. The number of aromatic nitrogens is 3. The van der Waals surface area contributed by atoms with Crippen LogP contribution in [0.2, 0.25) is 0 Å². The Labute approximate surface area is 117 Å². The van der Waals surface area contributed by atoms with Gasteiger partial charge in [0.1, 0.15) is 17.9 Å². The van der Waals surface area contributed by atoms with Crippen LogP contribution in [0.4, 0.5) is 5.69 Å². The fourth-order valence-corrected chi connectivity index (χ4v) is 2.24. The van der Waals surface area contributed by atoms with Crippen LogP contribution in [0.5, 0.6) is 5.75 Å². The fraction of sp³-hybridized carbons (Fsp3) is 0.200. The molecule has 2 heterocycles. The van der Waals surface area contributed by atoms with Crippen molar-refractivity contribution in [1.82, 2.24) is 14.8 Å². The summed E-state index contributed by atoms with van der Waals surface area (Å²) in [6, 6.07) is 9.51. The van der Waals surface area contributed by atoms with Crippen LogP contribution in [0.3, 0.4) is 0 Å². The van der Waals surface area contributed by atoms with E-state index in [0.29, 0.717) is 12.3 Å². The maximum Gasteiger partial charge on any atom is 0.146 e. The van der Waals surface area contributed by atoms with Crippen molar-refractivity contribution in [1.29, 1.82) is 0 Å². The molecule has 5 nitrogen and oxygen atoms in total. The Balaban J connectivity index is 1.92. The van der Waals surface area contributed by atoms with Gasteiger partial charge >= 0.3 is 0 Å². The molecule has 0 bridgehead atoms. The second kappa shape index (κ2) is 4.85. The number of aryl methyl sites for hydroxylation is 2. The SMILES string of the molecule is Cc1cc(COc2ccc(N)c3cccnc23)n(C)n1. The lowest BCUT2D eigenvalue weighted by atomic mass is 10.1. The lowest BCUT2D eigenvalue weighted by Crippen LogP contribution is -2.03. The first-order chi connectivity index (χ1) is 9.65. The van der Waals surface area contributed by atoms with Crippen LogP contribution >= 0.6 is 0 Å². The van der Waals surface area contributed by atoms with Crippen molar-refractivity contribution in [2.45, 2.75) is 13.5 Å². The van der Waals surface area contributed by atoms with Gasteiger partial charge < -0.3 is 10.5 Å². The molecule has 2 N–H and O–H groups in total. The lowest BCUT2D eigenvalue weighted by molar-refractivity contribution is 0.298. The molecule has 0 unspecified atom stereocenters. The number of rotatable bonds is 3. The van der Waals surface area contributed by atoms with E-state index in [2.05, 4.69) is 10.1 Å². The van der Waals surface area contributed by atoms with Crippen molar-refractivity contribution in [3.63, 3.8) is 0 Å². The molecule has 0 aliphatic carbocycles. The first-order valence-electron chi connectivity index (χ1n) is 6.40. The molecule has 0 fully saturated rings. The number of hydrogen-bond donors (Lipinski definition) is 1. The summed E-state index contributed by atoms with van der Waals surface area (Å²) in [6.07, 6.45) is 1.74. The zero-order valence-corrected chi connectivity index (χ0v) is 11.5. The molecule has 3 aromatic rings. The van der Waals surface area contributed by atoms with Gasteiger partial charge in [0.2, 0.25) is 0 Å². The average molecular weight is 268 g/mol. The molecule has 5 heteroatoms. The molecule has 0 amide bonds. The summed E-state index contributed by atoms with van der Waals surface area (Å²) >= 11 is 0. The van der Waals surface area contributed by atoms with Gasteiger partial charge in [0.25, 0.3) is 0 Å². The molecule has 3 rings (SSSR count). The molecule has 2 aromatic heterocycles. The summed E-state index contributed by atoms with van der Waals surface area (Å²) in [7, 11) is 1.91. The highest BCUT2D eigenvalue weighted by atomic mass is 16.5. The molecule has 0 aliphatic heterocycles. The normalized spacial score (nSPS) is 10.9. The summed E-state index contributed by atoms with van der Waals surface area (Å²) in [5.74, 6) is 0.730. The predicted molar refractivity (Wildman–Crippen MR) is 78.4 cm³/mol. The first-order valence-corrected chi connectivity index (χ1v) is 6.40. The Kier molecular flexibility index (Phi) is 3.02. The van der Waals surface area contributed by atoms with Crippen molar-refractivity contribution in [3.8, 4) is 5.75 Å². The number of fused-ring (bicyclic) bond motifs is 1. The second-order valence-corrected chi connectivity index (χ2v) is 4.74. The molecule has 0 atom stereocenters. The van der Waals surface area contributed by atoms with Gasteiger partial charge in [-0.2, -0.15) is 5.10 Å². The summed E-state index contributed by atoms with van der Waals surface area (Å²) in [5, 5.41) is 5.21. The van der Waals surface area contributed by atoms with Gasteiger partial charge in [0.15, 0.2) is 0 Å². The highest BCUT2D eigenvalue weighted by molar-refractivity contribution is 5.94. The van der Waals surface area contributed by atoms with E-state index in [-0.39, 0.29) is 0 Å².